The van der Waals surface area contributed by atoms with Crippen molar-refractivity contribution < 1.29 is 22.7 Å². The van der Waals surface area contributed by atoms with Crippen molar-refractivity contribution in [2.75, 3.05) is 32.2 Å². The minimum atomic E-state index is -4.00. The lowest BCUT2D eigenvalue weighted by Crippen LogP contribution is -2.45. The van der Waals surface area contributed by atoms with E-state index in [9.17, 15) is 13.2 Å². The van der Waals surface area contributed by atoms with Crippen molar-refractivity contribution in [2.24, 2.45) is 0 Å². The molecule has 8 heteroatoms. The summed E-state index contributed by atoms with van der Waals surface area (Å²) in [6.07, 6.45) is 1.22. The average Bonchev–Trinajstić information content (AvgIpc) is 3.22. The zero-order valence-electron chi connectivity index (χ0n) is 20.2. The standard InChI is InChI=1S/C27H30N2O5S/c1-20-17-22-11-7-8-12-24(22)29(20)27(30)19-28(16-15-21-9-5-4-6-10-21)35(31,32)23-13-14-25(33-2)26(18-23)34-3/h4-14,18,20H,15-17,19H2,1-3H3/t20-/m0/s1. The number of amides is 1. The van der Waals surface area contributed by atoms with E-state index in [2.05, 4.69) is 0 Å². The highest BCUT2D eigenvalue weighted by Gasteiger charge is 2.34. The van der Waals surface area contributed by atoms with E-state index in [1.54, 1.807) is 11.0 Å². The van der Waals surface area contributed by atoms with Gasteiger partial charge in [-0.2, -0.15) is 4.31 Å². The molecule has 0 fully saturated rings. The Morgan fingerprint density at radius 2 is 1.66 bits per heavy atom. The molecule has 35 heavy (non-hydrogen) atoms. The van der Waals surface area contributed by atoms with Gasteiger partial charge in [0.25, 0.3) is 0 Å². The Balaban J connectivity index is 1.65. The summed E-state index contributed by atoms with van der Waals surface area (Å²) in [4.78, 5) is 15.3. The first-order valence-electron chi connectivity index (χ1n) is 11.5. The number of para-hydroxylation sites is 1. The summed E-state index contributed by atoms with van der Waals surface area (Å²) in [5, 5.41) is 0. The number of hydrogen-bond acceptors (Lipinski definition) is 5. The molecule has 7 nitrogen and oxygen atoms in total. The van der Waals surface area contributed by atoms with Crippen molar-refractivity contribution in [3.05, 3.63) is 83.9 Å². The maximum Gasteiger partial charge on any atom is 0.243 e. The van der Waals surface area contributed by atoms with Crippen molar-refractivity contribution in [3.63, 3.8) is 0 Å². The first-order chi connectivity index (χ1) is 16.8. The van der Waals surface area contributed by atoms with Gasteiger partial charge in [0, 0.05) is 24.3 Å². The van der Waals surface area contributed by atoms with Crippen molar-refractivity contribution >= 4 is 21.6 Å². The third-order valence-corrected chi connectivity index (χ3v) is 8.11. The molecule has 0 bridgehead atoms. The second-order valence-corrected chi connectivity index (χ2v) is 10.5. The molecule has 1 aliphatic heterocycles. The molecule has 0 unspecified atom stereocenters. The lowest BCUT2D eigenvalue weighted by molar-refractivity contribution is -0.119. The number of benzene rings is 3. The topological polar surface area (TPSA) is 76.2 Å². The van der Waals surface area contributed by atoms with Crippen LogP contribution in [0.5, 0.6) is 11.5 Å². The number of methoxy groups -OCH3 is 2. The maximum atomic E-state index is 13.8. The number of carbonyl (C=O) groups excluding carboxylic acids is 1. The minimum Gasteiger partial charge on any atom is -0.493 e. The molecule has 1 aliphatic rings. The van der Waals surface area contributed by atoms with E-state index in [1.807, 2.05) is 61.5 Å². The summed E-state index contributed by atoms with van der Waals surface area (Å²) in [5.41, 5.74) is 2.93. The summed E-state index contributed by atoms with van der Waals surface area (Å²) in [5.74, 6) is 0.491. The normalized spacial score (nSPS) is 15.2. The zero-order chi connectivity index (χ0) is 25.0. The number of fused-ring (bicyclic) bond motifs is 1. The van der Waals surface area contributed by atoms with Crippen molar-refractivity contribution in [1.29, 1.82) is 0 Å². The van der Waals surface area contributed by atoms with Crippen LogP contribution in [0.25, 0.3) is 0 Å². The van der Waals surface area contributed by atoms with Gasteiger partial charge in [0.1, 0.15) is 0 Å². The zero-order valence-corrected chi connectivity index (χ0v) is 21.0. The second-order valence-electron chi connectivity index (χ2n) is 8.54. The summed E-state index contributed by atoms with van der Waals surface area (Å²) < 4.78 is 39.3. The predicted octanol–water partition coefficient (Wildman–Crippen LogP) is 3.92. The Bertz CT molecular complexity index is 1290. The number of anilines is 1. The highest BCUT2D eigenvalue weighted by Crippen LogP contribution is 2.33. The number of ether oxygens (including phenoxy) is 2. The van der Waals surface area contributed by atoms with E-state index in [1.165, 1.54) is 30.7 Å². The second kappa shape index (κ2) is 10.5. The first kappa shape index (κ1) is 24.8. The molecule has 0 aromatic heterocycles. The van der Waals surface area contributed by atoms with Gasteiger partial charge in [0.2, 0.25) is 15.9 Å². The lowest BCUT2D eigenvalue weighted by atomic mass is 10.1. The van der Waals surface area contributed by atoms with Gasteiger partial charge in [-0.05, 0) is 49.1 Å². The van der Waals surface area contributed by atoms with Gasteiger partial charge in [-0.3, -0.25) is 4.79 Å². The highest BCUT2D eigenvalue weighted by molar-refractivity contribution is 7.89. The summed E-state index contributed by atoms with van der Waals surface area (Å²) in [7, 11) is -1.05. The van der Waals surface area contributed by atoms with Crippen LogP contribution in [0.3, 0.4) is 0 Å². The van der Waals surface area contributed by atoms with Crippen LogP contribution in [-0.4, -0.2) is 52.0 Å². The van der Waals surface area contributed by atoms with Gasteiger partial charge >= 0.3 is 0 Å². The molecule has 0 N–H and O–H groups in total. The molecule has 3 aromatic rings. The molecule has 1 heterocycles. The summed E-state index contributed by atoms with van der Waals surface area (Å²) in [6, 6.07) is 21.8. The molecule has 0 radical (unpaired) electrons. The highest BCUT2D eigenvalue weighted by atomic mass is 32.2. The quantitative estimate of drug-likeness (QED) is 0.451. The van der Waals surface area contributed by atoms with Gasteiger partial charge in [0.15, 0.2) is 11.5 Å². The van der Waals surface area contributed by atoms with Crippen molar-refractivity contribution in [3.8, 4) is 11.5 Å². The SMILES string of the molecule is COc1ccc(S(=O)(=O)N(CCc2ccccc2)CC(=O)N2c3ccccc3C[C@@H]2C)cc1OC. The largest absolute Gasteiger partial charge is 0.493 e. The Hall–Kier alpha value is -3.36. The predicted molar refractivity (Wildman–Crippen MR) is 136 cm³/mol. The van der Waals surface area contributed by atoms with Gasteiger partial charge in [-0.15, -0.1) is 0 Å². The molecule has 3 aromatic carbocycles. The van der Waals surface area contributed by atoms with E-state index in [0.717, 1.165) is 23.2 Å². The van der Waals surface area contributed by atoms with Gasteiger partial charge < -0.3 is 14.4 Å². The third-order valence-electron chi connectivity index (χ3n) is 6.27. The lowest BCUT2D eigenvalue weighted by Gasteiger charge is -2.28. The molecule has 184 valence electrons. The number of carbonyl (C=O) groups is 1. The van der Waals surface area contributed by atoms with Crippen molar-refractivity contribution in [2.45, 2.75) is 30.7 Å². The van der Waals surface area contributed by atoms with Crippen LogP contribution < -0.4 is 14.4 Å². The monoisotopic (exact) mass is 494 g/mol. The summed E-state index contributed by atoms with van der Waals surface area (Å²) in [6.45, 7) is 1.88. The van der Waals surface area contributed by atoms with Gasteiger partial charge in [-0.1, -0.05) is 48.5 Å². The number of rotatable bonds is 9. The van der Waals surface area contributed by atoms with E-state index >= 15 is 0 Å². The van der Waals surface area contributed by atoms with Gasteiger partial charge in [-0.25, -0.2) is 8.42 Å². The van der Waals surface area contributed by atoms with Crippen LogP contribution in [0.15, 0.2) is 77.7 Å². The fourth-order valence-corrected chi connectivity index (χ4v) is 5.89. The van der Waals surface area contributed by atoms with E-state index in [0.29, 0.717) is 17.9 Å². The van der Waals surface area contributed by atoms with Crippen molar-refractivity contribution in [1.82, 2.24) is 4.31 Å². The molecular formula is C27H30N2O5S. The number of nitrogens with zero attached hydrogens (tertiary/aromatic N) is 2. The van der Waals surface area contributed by atoms with Crippen LogP contribution >= 0.6 is 0 Å². The molecule has 1 amide bonds. The number of sulfonamides is 1. The Kier molecular flexibility index (Phi) is 7.42. The van der Waals surface area contributed by atoms with E-state index < -0.39 is 10.0 Å². The molecule has 0 aliphatic carbocycles. The van der Waals surface area contributed by atoms with Crippen LogP contribution in [0.4, 0.5) is 5.69 Å². The molecule has 0 spiro atoms. The number of hydrogen-bond donors (Lipinski definition) is 0. The minimum absolute atomic E-state index is 0.0420. The van der Waals surface area contributed by atoms with Crippen LogP contribution in [-0.2, 0) is 27.7 Å². The Labute approximate surface area is 206 Å². The van der Waals surface area contributed by atoms with Crippen LogP contribution in [0, 0.1) is 0 Å². The first-order valence-corrected chi connectivity index (χ1v) is 12.9. The third kappa shape index (κ3) is 5.18. The van der Waals surface area contributed by atoms with E-state index in [4.69, 9.17) is 9.47 Å². The van der Waals surface area contributed by atoms with Crippen LogP contribution in [0.2, 0.25) is 0 Å². The maximum absolute atomic E-state index is 13.8. The Morgan fingerprint density at radius 3 is 2.37 bits per heavy atom. The molecule has 0 saturated heterocycles. The summed E-state index contributed by atoms with van der Waals surface area (Å²) >= 11 is 0. The molecular weight excluding hydrogens is 464 g/mol. The fourth-order valence-electron chi connectivity index (χ4n) is 4.48. The molecule has 0 saturated carbocycles. The molecule has 1 atom stereocenters. The van der Waals surface area contributed by atoms with Gasteiger partial charge in [0.05, 0.1) is 25.7 Å². The molecule has 4 rings (SSSR count). The Morgan fingerprint density at radius 1 is 0.971 bits per heavy atom. The van der Waals surface area contributed by atoms with Crippen LogP contribution in [0.1, 0.15) is 18.1 Å². The average molecular weight is 495 g/mol. The smallest absolute Gasteiger partial charge is 0.243 e. The van der Waals surface area contributed by atoms with E-state index in [-0.39, 0.29) is 29.9 Å². The fraction of sp³-hybridized carbons (Fsp3) is 0.296.